The van der Waals surface area contributed by atoms with E-state index in [1.165, 1.54) is 42.5 Å². The maximum absolute atomic E-state index is 13.1. The van der Waals surface area contributed by atoms with E-state index >= 15 is 0 Å². The number of fused-ring (bicyclic) bond motifs is 1. The highest BCUT2D eigenvalue weighted by atomic mass is 35.5. The minimum Gasteiger partial charge on any atom is -0.505 e. The van der Waals surface area contributed by atoms with Gasteiger partial charge in [-0.25, -0.2) is 17.9 Å². The fraction of sp³-hybridized carbons (Fsp3) is 0. The number of halogens is 2. The van der Waals surface area contributed by atoms with Crippen molar-refractivity contribution in [1.82, 2.24) is 9.29 Å². The summed E-state index contributed by atoms with van der Waals surface area (Å²) < 4.78 is 27.4. The van der Waals surface area contributed by atoms with Gasteiger partial charge in [0, 0.05) is 11.1 Å². The van der Waals surface area contributed by atoms with Crippen molar-refractivity contribution >= 4 is 73.0 Å². The third-order valence-corrected chi connectivity index (χ3v) is 8.14. The fourth-order valence-corrected chi connectivity index (χ4v) is 5.98. The maximum Gasteiger partial charge on any atom is 0.333 e. The van der Waals surface area contributed by atoms with Crippen LogP contribution in [0, 0.1) is 0 Å². The molecule has 0 aliphatic carbocycles. The van der Waals surface area contributed by atoms with E-state index in [4.69, 9.17) is 28.9 Å². The standard InChI is InChI=1S/C21H14Cl2N4O6S2/c22-13-9-10(25-21(31)26-35(32,33)16-8-7-15(23)34-16)5-6-14(13)27-17(19(24)29)18(28)11-3-1-2-4-12(11)20(27)30/h1-9,28H,(H2,24,29)(H2,25,26,31). The van der Waals surface area contributed by atoms with Crippen LogP contribution < -0.4 is 21.3 Å². The number of anilines is 1. The number of carbonyl (C=O) groups is 2. The average Bonchev–Trinajstić information content (AvgIpc) is 3.23. The van der Waals surface area contributed by atoms with Crippen molar-refractivity contribution in [3.63, 3.8) is 0 Å². The minimum atomic E-state index is -4.15. The van der Waals surface area contributed by atoms with Gasteiger partial charge in [-0.3, -0.25) is 14.2 Å². The number of amides is 3. The Bertz CT molecular complexity index is 1680. The normalized spacial score (nSPS) is 11.4. The second-order valence-electron chi connectivity index (χ2n) is 7.03. The van der Waals surface area contributed by atoms with Crippen LogP contribution in [0.5, 0.6) is 5.75 Å². The number of hydrogen-bond acceptors (Lipinski definition) is 7. The zero-order chi connectivity index (χ0) is 25.5. The first kappa shape index (κ1) is 24.5. The van der Waals surface area contributed by atoms with Gasteiger partial charge in [0.05, 0.1) is 20.4 Å². The zero-order valence-electron chi connectivity index (χ0n) is 17.3. The molecule has 4 rings (SSSR count). The third kappa shape index (κ3) is 4.68. The van der Waals surface area contributed by atoms with Gasteiger partial charge < -0.3 is 16.2 Å². The molecule has 10 nitrogen and oxygen atoms in total. The topological polar surface area (TPSA) is 161 Å². The Kier molecular flexibility index (Phi) is 6.47. The van der Waals surface area contributed by atoms with Crippen molar-refractivity contribution in [2.75, 3.05) is 5.32 Å². The summed E-state index contributed by atoms with van der Waals surface area (Å²) in [5, 5.41) is 13.1. The van der Waals surface area contributed by atoms with Crippen LogP contribution >= 0.6 is 34.5 Å². The molecule has 2 aromatic heterocycles. The molecule has 0 unspecified atom stereocenters. The monoisotopic (exact) mass is 552 g/mol. The molecule has 35 heavy (non-hydrogen) atoms. The third-order valence-electron chi connectivity index (χ3n) is 4.78. The van der Waals surface area contributed by atoms with Crippen LogP contribution in [0.3, 0.4) is 0 Å². The van der Waals surface area contributed by atoms with E-state index in [0.29, 0.717) is 0 Å². The number of pyridine rings is 1. The van der Waals surface area contributed by atoms with E-state index in [1.807, 2.05) is 4.72 Å². The number of benzene rings is 2. The molecular formula is C21H14Cl2N4O6S2. The lowest BCUT2D eigenvalue weighted by molar-refractivity contribution is 0.0990. The van der Waals surface area contributed by atoms with Crippen LogP contribution in [0.1, 0.15) is 10.5 Å². The number of aromatic nitrogens is 1. The molecule has 0 fully saturated rings. The van der Waals surface area contributed by atoms with Crippen LogP contribution in [-0.2, 0) is 10.0 Å². The molecular weight excluding hydrogens is 539 g/mol. The number of sulfonamides is 1. The van der Waals surface area contributed by atoms with E-state index < -0.39 is 39.0 Å². The largest absolute Gasteiger partial charge is 0.505 e. The number of aromatic hydroxyl groups is 1. The summed E-state index contributed by atoms with van der Waals surface area (Å²) in [4.78, 5) is 37.5. The highest BCUT2D eigenvalue weighted by molar-refractivity contribution is 7.92. The number of rotatable bonds is 5. The molecule has 0 aliphatic heterocycles. The van der Waals surface area contributed by atoms with Gasteiger partial charge in [-0.15, -0.1) is 11.3 Å². The molecule has 0 saturated carbocycles. The van der Waals surface area contributed by atoms with E-state index in [1.54, 1.807) is 12.1 Å². The lowest BCUT2D eigenvalue weighted by Crippen LogP contribution is -2.34. The Hall–Kier alpha value is -3.58. The molecule has 2 heterocycles. The highest BCUT2D eigenvalue weighted by Gasteiger charge is 2.23. The summed E-state index contributed by atoms with van der Waals surface area (Å²) in [5.74, 6) is -1.56. The zero-order valence-corrected chi connectivity index (χ0v) is 20.4. The van der Waals surface area contributed by atoms with E-state index in [-0.39, 0.29) is 35.7 Å². The molecule has 0 radical (unpaired) electrons. The van der Waals surface area contributed by atoms with Crippen LogP contribution in [0.4, 0.5) is 10.5 Å². The molecule has 3 amide bonds. The fourth-order valence-electron chi connectivity index (χ4n) is 3.33. The Morgan fingerprint density at radius 3 is 2.31 bits per heavy atom. The van der Waals surface area contributed by atoms with Gasteiger partial charge in [0.25, 0.3) is 21.5 Å². The quantitative estimate of drug-likeness (QED) is 0.295. The maximum atomic E-state index is 13.1. The van der Waals surface area contributed by atoms with Crippen LogP contribution in [0.25, 0.3) is 16.5 Å². The van der Waals surface area contributed by atoms with Crippen molar-refractivity contribution in [1.29, 1.82) is 0 Å². The summed E-state index contributed by atoms with van der Waals surface area (Å²) >= 11 is 12.9. The minimum absolute atomic E-state index is 0.00155. The number of nitrogens with zero attached hydrogens (tertiary/aromatic N) is 1. The number of nitrogens with two attached hydrogens (primary N) is 1. The van der Waals surface area contributed by atoms with Crippen molar-refractivity contribution in [3.8, 4) is 11.4 Å². The van der Waals surface area contributed by atoms with Crippen molar-refractivity contribution < 1.29 is 23.1 Å². The molecule has 0 spiro atoms. The predicted octanol–water partition coefficient (Wildman–Crippen LogP) is 3.67. The highest BCUT2D eigenvalue weighted by Crippen LogP contribution is 2.31. The Morgan fingerprint density at radius 2 is 1.71 bits per heavy atom. The summed E-state index contributed by atoms with van der Waals surface area (Å²) in [6, 6.07) is 11.5. The summed E-state index contributed by atoms with van der Waals surface area (Å²) in [6.07, 6.45) is 0. The molecule has 2 aromatic carbocycles. The van der Waals surface area contributed by atoms with Crippen molar-refractivity contribution in [3.05, 3.63) is 80.0 Å². The second-order valence-corrected chi connectivity index (χ2v) is 11.1. The van der Waals surface area contributed by atoms with Gasteiger partial charge in [-0.1, -0.05) is 41.4 Å². The number of thiophene rings is 1. The Balaban J connectivity index is 1.69. The van der Waals surface area contributed by atoms with Crippen molar-refractivity contribution in [2.45, 2.75) is 4.21 Å². The SMILES string of the molecule is NC(=O)c1c(O)c2ccccc2c(=O)n1-c1ccc(NC(=O)NS(=O)(=O)c2ccc(Cl)s2)cc1Cl. The number of nitrogens with one attached hydrogen (secondary N) is 2. The van der Waals surface area contributed by atoms with Gasteiger partial charge in [0.2, 0.25) is 0 Å². The van der Waals surface area contributed by atoms with Gasteiger partial charge in [-0.2, -0.15) is 0 Å². The van der Waals surface area contributed by atoms with Gasteiger partial charge >= 0.3 is 6.03 Å². The van der Waals surface area contributed by atoms with Gasteiger partial charge in [0.15, 0.2) is 11.4 Å². The molecule has 0 saturated heterocycles. The van der Waals surface area contributed by atoms with Gasteiger partial charge in [-0.05, 0) is 36.4 Å². The lowest BCUT2D eigenvalue weighted by Gasteiger charge is -2.16. The first-order valence-electron chi connectivity index (χ1n) is 9.55. The van der Waals surface area contributed by atoms with E-state index in [9.17, 15) is 27.9 Å². The molecule has 0 aliphatic rings. The van der Waals surface area contributed by atoms with Crippen LogP contribution in [0.2, 0.25) is 9.36 Å². The molecule has 0 bridgehead atoms. The number of primary amides is 1. The Labute approximate surface area is 211 Å². The van der Waals surface area contributed by atoms with Gasteiger partial charge in [0.1, 0.15) is 4.21 Å². The molecule has 180 valence electrons. The van der Waals surface area contributed by atoms with E-state index in [2.05, 4.69) is 5.32 Å². The number of urea groups is 1. The molecule has 0 atom stereocenters. The van der Waals surface area contributed by atoms with Crippen LogP contribution in [0.15, 0.2) is 63.6 Å². The molecule has 5 N–H and O–H groups in total. The lowest BCUT2D eigenvalue weighted by atomic mass is 10.1. The number of hydrogen-bond donors (Lipinski definition) is 4. The van der Waals surface area contributed by atoms with Crippen molar-refractivity contribution in [2.24, 2.45) is 5.73 Å². The van der Waals surface area contributed by atoms with E-state index in [0.717, 1.165) is 15.9 Å². The molecule has 14 heteroatoms. The Morgan fingerprint density at radius 1 is 1.03 bits per heavy atom. The number of carbonyl (C=O) groups excluding carboxylic acids is 2. The first-order valence-corrected chi connectivity index (χ1v) is 12.6. The molecule has 4 aromatic rings. The summed E-state index contributed by atoms with van der Waals surface area (Å²) in [6.45, 7) is 0. The smallest absolute Gasteiger partial charge is 0.333 e. The summed E-state index contributed by atoms with van der Waals surface area (Å²) in [5.41, 5.74) is 4.38. The van der Waals surface area contributed by atoms with Crippen LogP contribution in [-0.4, -0.2) is 30.0 Å². The summed E-state index contributed by atoms with van der Waals surface area (Å²) in [7, 11) is -4.15. The average molecular weight is 553 g/mol. The first-order chi connectivity index (χ1) is 16.5. The second kappa shape index (κ2) is 9.23. The predicted molar refractivity (Wildman–Crippen MR) is 133 cm³/mol.